The van der Waals surface area contributed by atoms with Crippen LogP contribution in [-0.2, 0) is 23.1 Å². The number of nitrogens with one attached hydrogen (secondary N) is 2. The highest BCUT2D eigenvalue weighted by Gasteiger charge is 2.29. The summed E-state index contributed by atoms with van der Waals surface area (Å²) in [6.07, 6.45) is -4.59. The quantitative estimate of drug-likeness (QED) is 0.727. The number of amides is 2. The second-order valence-corrected chi connectivity index (χ2v) is 6.58. The minimum atomic E-state index is -4.46. The summed E-state index contributed by atoms with van der Waals surface area (Å²) in [6.45, 7) is 3.46. The van der Waals surface area contributed by atoms with E-state index in [-0.39, 0.29) is 35.9 Å². The smallest absolute Gasteiger partial charge is 0.422 e. The second-order valence-electron chi connectivity index (χ2n) is 6.58. The summed E-state index contributed by atoms with van der Waals surface area (Å²) >= 11 is 0. The number of hydrogen-bond donors (Lipinski definition) is 2. The van der Waals surface area contributed by atoms with Crippen molar-refractivity contribution >= 4 is 17.6 Å². The van der Waals surface area contributed by atoms with E-state index in [9.17, 15) is 22.8 Å². The van der Waals surface area contributed by atoms with Crippen LogP contribution < -0.4 is 15.4 Å². The average Bonchev–Trinajstić information content (AvgIpc) is 2.90. The number of halogens is 3. The molecule has 1 unspecified atom stereocenters. The number of carbonyl (C=O) groups excluding carboxylic acids is 2. The standard InChI is InChI=1S/C18H22F3N5O3/c1-10-5-13(6-15(22-10)24-12(3)27)11(2)23-16(28)7-14-8-17(26(4)25-14)29-9-18(19,20)21/h5-6,8,11H,7,9H2,1-4H3,(H,23,28)(H,22,24,27). The lowest BCUT2D eigenvalue weighted by Gasteiger charge is -2.16. The first-order valence-corrected chi connectivity index (χ1v) is 8.71. The third-order valence-corrected chi connectivity index (χ3v) is 3.77. The topological polar surface area (TPSA) is 98.1 Å². The van der Waals surface area contributed by atoms with Crippen molar-refractivity contribution in [1.82, 2.24) is 20.1 Å². The van der Waals surface area contributed by atoms with E-state index in [0.717, 1.165) is 10.2 Å². The molecule has 0 saturated heterocycles. The van der Waals surface area contributed by atoms with Gasteiger partial charge < -0.3 is 15.4 Å². The Morgan fingerprint density at radius 2 is 1.97 bits per heavy atom. The van der Waals surface area contributed by atoms with Crippen molar-refractivity contribution in [1.29, 1.82) is 0 Å². The lowest BCUT2D eigenvalue weighted by molar-refractivity contribution is -0.154. The number of carbonyl (C=O) groups is 2. The summed E-state index contributed by atoms with van der Waals surface area (Å²) in [7, 11) is 1.43. The lowest BCUT2D eigenvalue weighted by Crippen LogP contribution is -2.28. The molecule has 2 heterocycles. The number of aromatic nitrogens is 3. The van der Waals surface area contributed by atoms with Crippen LogP contribution in [0.2, 0.25) is 0 Å². The molecule has 2 rings (SSSR count). The summed E-state index contributed by atoms with van der Waals surface area (Å²) in [5.74, 6) is -0.328. The molecule has 0 spiro atoms. The molecule has 2 amide bonds. The summed E-state index contributed by atoms with van der Waals surface area (Å²) in [5, 5.41) is 9.38. The molecule has 11 heteroatoms. The maximum absolute atomic E-state index is 12.3. The van der Waals surface area contributed by atoms with Crippen LogP contribution in [0.1, 0.15) is 36.8 Å². The van der Waals surface area contributed by atoms with Crippen molar-refractivity contribution in [3.8, 4) is 5.88 Å². The van der Waals surface area contributed by atoms with Crippen molar-refractivity contribution in [2.45, 2.75) is 39.4 Å². The van der Waals surface area contributed by atoms with Gasteiger partial charge in [-0.3, -0.25) is 9.59 Å². The molecule has 0 aliphatic carbocycles. The van der Waals surface area contributed by atoms with E-state index in [1.54, 1.807) is 26.0 Å². The molecule has 0 aliphatic rings. The van der Waals surface area contributed by atoms with E-state index in [1.807, 2.05) is 0 Å². The molecular formula is C18H22F3N5O3. The first-order valence-electron chi connectivity index (χ1n) is 8.71. The molecular weight excluding hydrogens is 391 g/mol. The maximum Gasteiger partial charge on any atom is 0.422 e. The Balaban J connectivity index is 2.00. The Labute approximate surface area is 165 Å². The SMILES string of the molecule is CC(=O)Nc1cc(C(C)NC(=O)Cc2cc(OCC(F)(F)F)n(C)n2)cc(C)n1. The third kappa shape index (κ3) is 7.09. The predicted octanol–water partition coefficient (Wildman–Crippen LogP) is 2.44. The zero-order chi connectivity index (χ0) is 21.8. The van der Waals surface area contributed by atoms with Gasteiger partial charge in [-0.25, -0.2) is 9.67 Å². The van der Waals surface area contributed by atoms with E-state index in [2.05, 4.69) is 25.5 Å². The molecule has 0 aliphatic heterocycles. The number of ether oxygens (including phenoxy) is 1. The molecule has 29 heavy (non-hydrogen) atoms. The Kier molecular flexibility index (Phi) is 6.83. The van der Waals surface area contributed by atoms with E-state index in [1.165, 1.54) is 20.0 Å². The van der Waals surface area contributed by atoms with E-state index >= 15 is 0 Å². The van der Waals surface area contributed by atoms with Crippen molar-refractivity contribution in [2.24, 2.45) is 7.05 Å². The largest absolute Gasteiger partial charge is 0.468 e. The predicted molar refractivity (Wildman–Crippen MR) is 98.3 cm³/mol. The zero-order valence-corrected chi connectivity index (χ0v) is 16.4. The van der Waals surface area contributed by atoms with Crippen molar-refractivity contribution < 1.29 is 27.5 Å². The van der Waals surface area contributed by atoms with Gasteiger partial charge >= 0.3 is 6.18 Å². The Bertz CT molecular complexity index is 895. The fourth-order valence-corrected chi connectivity index (χ4v) is 2.61. The zero-order valence-electron chi connectivity index (χ0n) is 16.4. The highest BCUT2D eigenvalue weighted by molar-refractivity contribution is 5.87. The number of anilines is 1. The van der Waals surface area contributed by atoms with Gasteiger partial charge in [-0.05, 0) is 31.5 Å². The van der Waals surface area contributed by atoms with E-state index in [0.29, 0.717) is 11.5 Å². The highest BCUT2D eigenvalue weighted by Crippen LogP contribution is 2.20. The molecule has 0 bridgehead atoms. The third-order valence-electron chi connectivity index (χ3n) is 3.77. The molecule has 0 saturated carbocycles. The average molecular weight is 413 g/mol. The first-order chi connectivity index (χ1) is 13.4. The normalized spacial score (nSPS) is 12.4. The van der Waals surface area contributed by atoms with Crippen LogP contribution in [0.25, 0.3) is 0 Å². The number of rotatable bonds is 7. The second kappa shape index (κ2) is 8.93. The van der Waals surface area contributed by atoms with Crippen LogP contribution in [0.3, 0.4) is 0 Å². The van der Waals surface area contributed by atoms with Crippen molar-refractivity contribution in [3.63, 3.8) is 0 Å². The summed E-state index contributed by atoms with van der Waals surface area (Å²) in [5.41, 5.74) is 1.69. The van der Waals surface area contributed by atoms with Gasteiger partial charge in [0.05, 0.1) is 18.2 Å². The Hall–Kier alpha value is -3.11. The van der Waals surface area contributed by atoms with Gasteiger partial charge in [-0.15, -0.1) is 0 Å². The van der Waals surface area contributed by atoms with Crippen LogP contribution in [0.5, 0.6) is 5.88 Å². The van der Waals surface area contributed by atoms with Crippen LogP contribution >= 0.6 is 0 Å². The lowest BCUT2D eigenvalue weighted by atomic mass is 10.1. The number of nitrogens with zero attached hydrogens (tertiary/aromatic N) is 3. The van der Waals surface area contributed by atoms with E-state index in [4.69, 9.17) is 0 Å². The summed E-state index contributed by atoms with van der Waals surface area (Å²) in [6, 6.07) is 4.34. The number of pyridine rings is 1. The molecule has 1 atom stereocenters. The van der Waals surface area contributed by atoms with Gasteiger partial charge in [-0.2, -0.15) is 18.3 Å². The summed E-state index contributed by atoms with van der Waals surface area (Å²) < 4.78 is 42.6. The van der Waals surface area contributed by atoms with Gasteiger partial charge in [0, 0.05) is 25.7 Å². The monoisotopic (exact) mass is 413 g/mol. The van der Waals surface area contributed by atoms with Gasteiger partial charge in [-0.1, -0.05) is 0 Å². The van der Waals surface area contributed by atoms with Gasteiger partial charge in [0.25, 0.3) is 0 Å². The fourth-order valence-electron chi connectivity index (χ4n) is 2.61. The Morgan fingerprint density at radius 3 is 2.59 bits per heavy atom. The molecule has 0 fully saturated rings. The Morgan fingerprint density at radius 1 is 1.28 bits per heavy atom. The number of aryl methyl sites for hydroxylation is 2. The molecule has 2 aromatic rings. The molecule has 2 N–H and O–H groups in total. The first kappa shape index (κ1) is 22.2. The molecule has 0 aromatic carbocycles. The molecule has 0 radical (unpaired) electrons. The maximum atomic E-state index is 12.3. The summed E-state index contributed by atoms with van der Waals surface area (Å²) in [4.78, 5) is 27.7. The van der Waals surface area contributed by atoms with Crippen LogP contribution in [-0.4, -0.2) is 39.4 Å². The minimum Gasteiger partial charge on any atom is -0.468 e. The molecule has 158 valence electrons. The van der Waals surface area contributed by atoms with E-state index < -0.39 is 12.8 Å². The fraction of sp³-hybridized carbons (Fsp3) is 0.444. The van der Waals surface area contributed by atoms with Gasteiger partial charge in [0.1, 0.15) is 5.82 Å². The highest BCUT2D eigenvalue weighted by atomic mass is 19.4. The van der Waals surface area contributed by atoms with Gasteiger partial charge in [0.2, 0.25) is 17.7 Å². The minimum absolute atomic E-state index is 0.0807. The van der Waals surface area contributed by atoms with Crippen LogP contribution in [0.4, 0.5) is 19.0 Å². The van der Waals surface area contributed by atoms with Crippen molar-refractivity contribution in [2.75, 3.05) is 11.9 Å². The van der Waals surface area contributed by atoms with Crippen molar-refractivity contribution in [3.05, 3.63) is 35.2 Å². The molecule has 8 nitrogen and oxygen atoms in total. The van der Waals surface area contributed by atoms with Crippen LogP contribution in [0, 0.1) is 6.92 Å². The van der Waals surface area contributed by atoms with Gasteiger partial charge in [0.15, 0.2) is 6.61 Å². The van der Waals surface area contributed by atoms with Crippen LogP contribution in [0.15, 0.2) is 18.2 Å². The number of alkyl halides is 3. The number of hydrogen-bond acceptors (Lipinski definition) is 5. The molecule has 2 aromatic heterocycles.